The van der Waals surface area contributed by atoms with E-state index in [-0.39, 0.29) is 35.0 Å². The number of hydrogen-bond acceptors (Lipinski definition) is 7. The second-order valence-electron chi connectivity index (χ2n) is 17.7. The molecule has 0 aromatic heterocycles. The summed E-state index contributed by atoms with van der Waals surface area (Å²) in [6.07, 6.45) is 9.84. The highest BCUT2D eigenvalue weighted by Gasteiger charge is 2.70. The lowest BCUT2D eigenvalue weighted by atomic mass is 9.78. The molecule has 0 bridgehead atoms. The zero-order valence-electron chi connectivity index (χ0n) is 29.9. The smallest absolute Gasteiger partial charge is 0.315 e. The Morgan fingerprint density at radius 3 is 2.14 bits per heavy atom. The fourth-order valence-electron chi connectivity index (χ4n) is 9.12. The third-order valence-electron chi connectivity index (χ3n) is 12.5. The number of rotatable bonds is 12. The number of Topliss-reactive ketones (excluding diaryl/α,β-unsaturated/α-hetero) is 1. The van der Waals surface area contributed by atoms with Gasteiger partial charge < -0.3 is 26.2 Å². The molecule has 2 heterocycles. The maximum atomic E-state index is 14.5. The SMILES string of the molecule is CC(C)(C)[C@H](NC(=O)NC1([C@H]2CCCS2(=O)=O)CCCCC1)C(=O)N1C[C@@H]2[C@H]([C@H]1C(=O)N[C@@H](CCC1CC1)C(=O)C(=O)NC1CC1)C2(C)C. The molecule has 2 saturated heterocycles. The fourth-order valence-corrected chi connectivity index (χ4v) is 11.5. The van der Waals surface area contributed by atoms with Crippen LogP contribution in [-0.2, 0) is 29.0 Å². The largest absolute Gasteiger partial charge is 0.347 e. The molecule has 4 saturated carbocycles. The van der Waals surface area contributed by atoms with Gasteiger partial charge in [0.2, 0.25) is 17.6 Å². The number of nitrogens with zero attached hydrogens (tertiary/aromatic N) is 1. The van der Waals surface area contributed by atoms with Crippen molar-refractivity contribution in [2.45, 2.75) is 153 Å². The molecule has 4 N–H and O–H groups in total. The zero-order valence-corrected chi connectivity index (χ0v) is 30.8. The van der Waals surface area contributed by atoms with Gasteiger partial charge >= 0.3 is 6.03 Å². The van der Waals surface area contributed by atoms with Crippen LogP contribution >= 0.6 is 0 Å². The van der Waals surface area contributed by atoms with Crippen LogP contribution in [0.15, 0.2) is 0 Å². The first-order valence-corrected chi connectivity index (χ1v) is 20.4. The molecule has 274 valence electrons. The van der Waals surface area contributed by atoms with Crippen molar-refractivity contribution in [3.8, 4) is 0 Å². The summed E-state index contributed by atoms with van der Waals surface area (Å²) in [7, 11) is -3.35. The Balaban J connectivity index is 1.19. The highest BCUT2D eigenvalue weighted by atomic mass is 32.2. The van der Waals surface area contributed by atoms with Crippen LogP contribution in [0.25, 0.3) is 0 Å². The molecule has 6 fully saturated rings. The van der Waals surface area contributed by atoms with Crippen LogP contribution in [0.2, 0.25) is 0 Å². The van der Waals surface area contributed by atoms with Gasteiger partial charge in [0.15, 0.2) is 9.84 Å². The van der Waals surface area contributed by atoms with E-state index in [9.17, 15) is 32.4 Å². The van der Waals surface area contributed by atoms with E-state index in [1.165, 1.54) is 0 Å². The lowest BCUT2D eigenvalue weighted by Crippen LogP contribution is -2.65. The quantitative estimate of drug-likeness (QED) is 0.227. The first-order valence-electron chi connectivity index (χ1n) is 18.7. The van der Waals surface area contributed by atoms with Gasteiger partial charge in [-0.25, -0.2) is 13.2 Å². The van der Waals surface area contributed by atoms with Gasteiger partial charge in [-0.15, -0.1) is 0 Å². The number of sulfone groups is 1. The standard InChI is InChI=1S/C36H57N5O7S/c1-34(2,3)29(39-33(46)40-36(17-7-6-8-18-36)25-10-9-19-49(25,47)48)32(45)41-20-23-26(35(23,4)5)27(41)30(43)38-24(16-13-21-11-12-21)28(42)31(44)37-22-14-15-22/h21-27,29H,6-20H2,1-5H3,(H,37,44)(H,38,43)(H2,39,40,46)/t23-,24+,25-,26-,27+,29-/m1/s1. The molecule has 0 radical (unpaired) electrons. The first kappa shape index (κ1) is 36.1. The molecule has 6 rings (SSSR count). The summed E-state index contributed by atoms with van der Waals surface area (Å²) in [5, 5.41) is 11.0. The van der Waals surface area contributed by atoms with Gasteiger partial charge in [-0.1, -0.05) is 66.7 Å². The summed E-state index contributed by atoms with van der Waals surface area (Å²) in [5.41, 5.74) is -1.79. The number of fused-ring (bicyclic) bond motifs is 1. The molecule has 4 aliphatic carbocycles. The van der Waals surface area contributed by atoms with E-state index in [4.69, 9.17) is 0 Å². The van der Waals surface area contributed by atoms with Crippen LogP contribution in [0.1, 0.15) is 118 Å². The van der Waals surface area contributed by atoms with E-state index in [1.54, 1.807) is 4.90 Å². The Morgan fingerprint density at radius 2 is 1.57 bits per heavy atom. The molecular weight excluding hydrogens is 646 g/mol. The Labute approximate surface area is 291 Å². The summed E-state index contributed by atoms with van der Waals surface area (Å²) in [6.45, 7) is 10.1. The molecule has 2 aliphatic heterocycles. The Morgan fingerprint density at radius 1 is 0.898 bits per heavy atom. The first-order chi connectivity index (χ1) is 22.9. The van der Waals surface area contributed by atoms with Crippen molar-refractivity contribution >= 4 is 39.4 Å². The third kappa shape index (κ3) is 7.52. The number of urea groups is 1. The van der Waals surface area contributed by atoms with Crippen molar-refractivity contribution in [3.05, 3.63) is 0 Å². The lowest BCUT2D eigenvalue weighted by Gasteiger charge is -2.43. The molecule has 6 atom stereocenters. The summed E-state index contributed by atoms with van der Waals surface area (Å²) in [4.78, 5) is 70.1. The van der Waals surface area contributed by atoms with Crippen molar-refractivity contribution in [1.29, 1.82) is 0 Å². The molecule has 49 heavy (non-hydrogen) atoms. The lowest BCUT2D eigenvalue weighted by molar-refractivity contribution is -0.145. The van der Waals surface area contributed by atoms with Crippen molar-refractivity contribution in [1.82, 2.24) is 26.2 Å². The second kappa shape index (κ2) is 13.1. The second-order valence-corrected chi connectivity index (χ2v) is 20.0. The highest BCUT2D eigenvalue weighted by Crippen LogP contribution is 2.65. The molecule has 13 heteroatoms. The number of amides is 5. The maximum Gasteiger partial charge on any atom is 0.315 e. The number of hydrogen-bond donors (Lipinski definition) is 4. The number of carbonyl (C=O) groups is 5. The zero-order chi connectivity index (χ0) is 35.5. The molecule has 0 unspecified atom stereocenters. The minimum atomic E-state index is -3.35. The summed E-state index contributed by atoms with van der Waals surface area (Å²) < 4.78 is 26.1. The van der Waals surface area contributed by atoms with E-state index in [1.807, 2.05) is 20.8 Å². The number of carbonyl (C=O) groups excluding carboxylic acids is 5. The number of likely N-dealkylation sites (tertiary alicyclic amines) is 1. The molecule has 5 amide bonds. The van der Waals surface area contributed by atoms with E-state index in [0.717, 1.165) is 51.4 Å². The van der Waals surface area contributed by atoms with Crippen molar-refractivity contribution < 1.29 is 32.4 Å². The monoisotopic (exact) mass is 703 g/mol. The van der Waals surface area contributed by atoms with Crippen molar-refractivity contribution in [2.75, 3.05) is 12.3 Å². The number of piperidine rings is 1. The molecule has 6 aliphatic rings. The van der Waals surface area contributed by atoms with Gasteiger partial charge in [0.25, 0.3) is 5.91 Å². The molecule has 0 aromatic carbocycles. The molecule has 0 spiro atoms. The van der Waals surface area contributed by atoms with Crippen LogP contribution in [0.3, 0.4) is 0 Å². The van der Waals surface area contributed by atoms with Gasteiger partial charge in [0, 0.05) is 12.6 Å². The average molecular weight is 704 g/mol. The minimum absolute atomic E-state index is 0.0155. The van der Waals surface area contributed by atoms with Crippen LogP contribution in [-0.4, -0.2) is 90.1 Å². The summed E-state index contributed by atoms with van der Waals surface area (Å²) in [5.74, 6) is -1.55. The van der Waals surface area contributed by atoms with E-state index >= 15 is 0 Å². The topological polar surface area (TPSA) is 171 Å². The number of nitrogens with one attached hydrogen (secondary N) is 4. The van der Waals surface area contributed by atoms with Crippen molar-refractivity contribution in [3.63, 3.8) is 0 Å². The molecule has 12 nitrogen and oxygen atoms in total. The predicted molar refractivity (Wildman–Crippen MR) is 184 cm³/mol. The van der Waals surface area contributed by atoms with E-state index in [2.05, 4.69) is 35.1 Å². The van der Waals surface area contributed by atoms with Crippen LogP contribution in [0, 0.1) is 28.6 Å². The van der Waals surface area contributed by atoms with Crippen LogP contribution in [0.4, 0.5) is 4.79 Å². The van der Waals surface area contributed by atoms with Crippen molar-refractivity contribution in [2.24, 2.45) is 28.6 Å². The highest BCUT2D eigenvalue weighted by molar-refractivity contribution is 7.92. The Hall–Kier alpha value is -2.70. The van der Waals surface area contributed by atoms with Crippen LogP contribution < -0.4 is 21.3 Å². The third-order valence-corrected chi connectivity index (χ3v) is 14.9. The van der Waals surface area contributed by atoms with Gasteiger partial charge in [0.1, 0.15) is 12.1 Å². The normalized spacial score (nSPS) is 30.8. The summed E-state index contributed by atoms with van der Waals surface area (Å²) >= 11 is 0. The Kier molecular flexibility index (Phi) is 9.67. The maximum absolute atomic E-state index is 14.5. The fraction of sp³-hybridized carbons (Fsp3) is 0.861. The number of ketones is 1. The Bertz CT molecular complexity index is 1460. The van der Waals surface area contributed by atoms with Gasteiger partial charge in [-0.2, -0.15) is 0 Å². The van der Waals surface area contributed by atoms with E-state index in [0.29, 0.717) is 44.6 Å². The van der Waals surface area contributed by atoms with Gasteiger partial charge in [-0.3, -0.25) is 19.2 Å². The van der Waals surface area contributed by atoms with Crippen LogP contribution in [0.5, 0.6) is 0 Å². The van der Waals surface area contributed by atoms with E-state index < -0.39 is 67.8 Å². The van der Waals surface area contributed by atoms with Gasteiger partial charge in [-0.05, 0) is 80.0 Å². The predicted octanol–water partition coefficient (Wildman–Crippen LogP) is 2.99. The van der Waals surface area contributed by atoms with Gasteiger partial charge in [0.05, 0.1) is 22.6 Å². The minimum Gasteiger partial charge on any atom is -0.347 e. The molecule has 0 aromatic rings. The molecular formula is C36H57N5O7S. The average Bonchev–Trinajstić information content (AvgIpc) is 3.98. The summed E-state index contributed by atoms with van der Waals surface area (Å²) in [6, 6.07) is -3.37.